The molecule has 0 spiro atoms. The summed E-state index contributed by atoms with van der Waals surface area (Å²) in [6.45, 7) is 6.90. The molecule has 0 atom stereocenters. The van der Waals surface area contributed by atoms with Gasteiger partial charge in [0.2, 0.25) is 11.4 Å². The number of aromatic nitrogens is 2. The number of aliphatic hydroxyl groups excluding tert-OH is 3. The van der Waals surface area contributed by atoms with Gasteiger partial charge in [-0.05, 0) is 66.1 Å². The summed E-state index contributed by atoms with van der Waals surface area (Å²) in [5.41, 5.74) is 6.74. The van der Waals surface area contributed by atoms with E-state index >= 15 is 0 Å². The predicted molar refractivity (Wildman–Crippen MR) is 205 cm³/mol. The van der Waals surface area contributed by atoms with E-state index in [-0.39, 0.29) is 19.8 Å². The summed E-state index contributed by atoms with van der Waals surface area (Å²) in [5, 5.41) is 28.0. The highest BCUT2D eigenvalue weighted by atomic mass is 33.1. The maximum Gasteiger partial charge on any atom is 0.205 e. The molecule has 0 amide bonds. The lowest BCUT2D eigenvalue weighted by Gasteiger charge is -2.23. The maximum atomic E-state index is 9.40. The van der Waals surface area contributed by atoms with E-state index < -0.39 is 0 Å². The van der Waals surface area contributed by atoms with Gasteiger partial charge in [0.1, 0.15) is 0 Å². The lowest BCUT2D eigenvalue weighted by Crippen LogP contribution is -2.38. The first-order chi connectivity index (χ1) is 23.6. The van der Waals surface area contributed by atoms with Crippen LogP contribution in [0.25, 0.3) is 24.3 Å². The van der Waals surface area contributed by atoms with Crippen LogP contribution >= 0.6 is 21.6 Å². The number of pyridine rings is 2. The van der Waals surface area contributed by atoms with Crippen LogP contribution in [0.2, 0.25) is 0 Å². The summed E-state index contributed by atoms with van der Waals surface area (Å²) in [6, 6.07) is 29.4. The molecule has 0 radical (unpaired) electrons. The number of aryl methyl sites for hydroxylation is 2. The van der Waals surface area contributed by atoms with Crippen LogP contribution in [0.1, 0.15) is 35.9 Å². The molecule has 254 valence electrons. The van der Waals surface area contributed by atoms with E-state index in [2.05, 4.69) is 130 Å². The molecule has 0 aliphatic heterocycles. The third kappa shape index (κ3) is 12.1. The molecule has 0 saturated heterocycles. The molecule has 0 unspecified atom stereocenters. The first-order valence-electron chi connectivity index (χ1n) is 16.7. The summed E-state index contributed by atoms with van der Waals surface area (Å²) in [5.74, 6) is 2.03. The Morgan fingerprint density at radius 2 is 0.958 bits per heavy atom. The summed E-state index contributed by atoms with van der Waals surface area (Å²) < 4.78 is 4.60. The minimum atomic E-state index is 0.0555. The monoisotopic (exact) mass is 686 g/mol. The summed E-state index contributed by atoms with van der Waals surface area (Å²) in [4.78, 5) is 4.20. The Morgan fingerprint density at radius 1 is 0.542 bits per heavy atom. The smallest absolute Gasteiger partial charge is 0.205 e. The van der Waals surface area contributed by atoms with Crippen molar-refractivity contribution < 1.29 is 24.5 Å². The van der Waals surface area contributed by atoms with Crippen molar-refractivity contribution in [1.82, 2.24) is 0 Å². The minimum Gasteiger partial charge on any atom is -0.395 e. The standard InChI is InChI=1S/C39H50N4O3S2/c1-2-21-40(24-29-44)38-17-11-34(12-18-38)9-15-36-7-3-5-22-41(36)27-32-47-48-33-28-42-23-6-4-8-37(42)16-10-35-13-19-39(20-14-35)43(25-30-45)26-31-46/h3-20,22-23,44-46H,2,21,24-33H2,1H3/q+2. The van der Waals surface area contributed by atoms with Gasteiger partial charge in [0.05, 0.1) is 31.3 Å². The molecule has 4 rings (SSSR count). The summed E-state index contributed by atoms with van der Waals surface area (Å²) in [7, 11) is 3.82. The van der Waals surface area contributed by atoms with Crippen molar-refractivity contribution in [1.29, 1.82) is 0 Å². The second-order valence-corrected chi connectivity index (χ2v) is 14.0. The number of hydrogen-bond acceptors (Lipinski definition) is 7. The quantitative estimate of drug-likeness (QED) is 0.0592. The van der Waals surface area contributed by atoms with E-state index in [1.165, 1.54) is 5.69 Å². The number of rotatable bonds is 21. The molecule has 0 aliphatic carbocycles. The van der Waals surface area contributed by atoms with Gasteiger partial charge in [-0.15, -0.1) is 0 Å². The van der Waals surface area contributed by atoms with E-state index in [1.54, 1.807) is 0 Å². The zero-order valence-electron chi connectivity index (χ0n) is 28.0. The molecule has 0 bridgehead atoms. The SMILES string of the molecule is CCCN(CCO)c1ccc(/C=C/c2cccc[n+]2CCSSCC[n+]2ccccc2/C=C/c2ccc(N(CCO)CCO)cc2)cc1. The van der Waals surface area contributed by atoms with E-state index in [1.807, 2.05) is 38.6 Å². The number of anilines is 2. The van der Waals surface area contributed by atoms with Gasteiger partial charge >= 0.3 is 0 Å². The van der Waals surface area contributed by atoms with Gasteiger partial charge < -0.3 is 25.1 Å². The van der Waals surface area contributed by atoms with Crippen molar-refractivity contribution in [3.63, 3.8) is 0 Å². The Morgan fingerprint density at radius 3 is 1.35 bits per heavy atom. The molecule has 9 heteroatoms. The second-order valence-electron chi connectivity index (χ2n) is 11.3. The van der Waals surface area contributed by atoms with Gasteiger partial charge in [0.25, 0.3) is 0 Å². The van der Waals surface area contributed by atoms with Crippen LogP contribution in [0.5, 0.6) is 0 Å². The summed E-state index contributed by atoms with van der Waals surface area (Å²) in [6.07, 6.45) is 14.0. The highest BCUT2D eigenvalue weighted by Crippen LogP contribution is 2.21. The number of hydrogen-bond donors (Lipinski definition) is 3. The van der Waals surface area contributed by atoms with E-state index in [4.69, 9.17) is 0 Å². The first-order valence-corrected chi connectivity index (χ1v) is 19.2. The highest BCUT2D eigenvalue weighted by Gasteiger charge is 2.10. The van der Waals surface area contributed by atoms with Crippen molar-refractivity contribution in [3.8, 4) is 0 Å². The normalized spacial score (nSPS) is 11.5. The molecule has 7 nitrogen and oxygen atoms in total. The molecular weight excluding hydrogens is 637 g/mol. The van der Waals surface area contributed by atoms with Gasteiger partial charge in [-0.2, -0.15) is 9.13 Å². The van der Waals surface area contributed by atoms with Crippen molar-refractivity contribution in [2.24, 2.45) is 0 Å². The largest absolute Gasteiger partial charge is 0.395 e. The third-order valence-electron chi connectivity index (χ3n) is 7.88. The van der Waals surface area contributed by atoms with Crippen molar-refractivity contribution in [2.45, 2.75) is 26.4 Å². The van der Waals surface area contributed by atoms with Crippen LogP contribution in [-0.2, 0) is 13.1 Å². The summed E-state index contributed by atoms with van der Waals surface area (Å²) >= 11 is 0. The molecule has 0 aliphatic rings. The van der Waals surface area contributed by atoms with E-state index in [9.17, 15) is 15.3 Å². The Balaban J connectivity index is 1.24. The minimum absolute atomic E-state index is 0.0555. The fourth-order valence-electron chi connectivity index (χ4n) is 5.41. The number of nitrogens with zero attached hydrogens (tertiary/aromatic N) is 4. The van der Waals surface area contributed by atoms with Crippen LogP contribution in [0.3, 0.4) is 0 Å². The maximum absolute atomic E-state index is 9.40. The molecule has 4 aromatic rings. The van der Waals surface area contributed by atoms with Gasteiger partial charge in [-0.25, -0.2) is 0 Å². The van der Waals surface area contributed by atoms with Crippen LogP contribution in [0, 0.1) is 0 Å². The Bertz CT molecular complexity index is 1420. The number of aliphatic hydroxyl groups is 3. The molecule has 2 aromatic carbocycles. The van der Waals surface area contributed by atoms with E-state index in [0.717, 1.165) is 65.8 Å². The topological polar surface area (TPSA) is 74.9 Å². The zero-order valence-corrected chi connectivity index (χ0v) is 29.6. The van der Waals surface area contributed by atoms with Crippen LogP contribution in [0.4, 0.5) is 11.4 Å². The number of benzene rings is 2. The highest BCUT2D eigenvalue weighted by molar-refractivity contribution is 8.76. The molecule has 2 aromatic heterocycles. The average Bonchev–Trinajstić information content (AvgIpc) is 3.12. The molecule has 0 saturated carbocycles. The lowest BCUT2D eigenvalue weighted by atomic mass is 10.1. The van der Waals surface area contributed by atoms with Gasteiger partial charge in [-0.3, -0.25) is 0 Å². The zero-order chi connectivity index (χ0) is 33.8. The van der Waals surface area contributed by atoms with E-state index in [0.29, 0.717) is 19.6 Å². The van der Waals surface area contributed by atoms with Gasteiger partial charge in [0, 0.05) is 74.0 Å². The Hall–Kier alpha value is -3.60. The Labute approximate surface area is 294 Å². The second kappa shape index (κ2) is 21.4. The molecule has 0 fully saturated rings. The average molecular weight is 687 g/mol. The molecule has 2 heterocycles. The van der Waals surface area contributed by atoms with Crippen molar-refractivity contribution in [2.75, 3.05) is 67.3 Å². The fourth-order valence-corrected chi connectivity index (χ4v) is 7.34. The molecule has 3 N–H and O–H groups in total. The van der Waals surface area contributed by atoms with Crippen LogP contribution < -0.4 is 18.9 Å². The molecular formula is C39H50N4O3S2+2. The Kier molecular flexibility index (Phi) is 16.6. The first kappa shape index (κ1) is 37.2. The van der Waals surface area contributed by atoms with Crippen molar-refractivity contribution >= 4 is 57.3 Å². The predicted octanol–water partition coefficient (Wildman–Crippen LogP) is 5.68. The lowest BCUT2D eigenvalue weighted by molar-refractivity contribution is -0.694. The van der Waals surface area contributed by atoms with Gasteiger partial charge in [0.15, 0.2) is 25.5 Å². The third-order valence-corrected chi connectivity index (χ3v) is 10.2. The van der Waals surface area contributed by atoms with Crippen LogP contribution in [0.15, 0.2) is 97.3 Å². The van der Waals surface area contributed by atoms with Gasteiger partial charge in [-0.1, -0.05) is 52.8 Å². The molecule has 48 heavy (non-hydrogen) atoms. The van der Waals surface area contributed by atoms with Crippen LogP contribution in [-0.4, -0.2) is 72.8 Å². The van der Waals surface area contributed by atoms with Crippen molar-refractivity contribution in [3.05, 3.63) is 120 Å². The fraction of sp³-hybridized carbons (Fsp3) is 0.333.